The van der Waals surface area contributed by atoms with Crippen LogP contribution in [0.1, 0.15) is 38.2 Å². The van der Waals surface area contributed by atoms with Crippen LogP contribution in [-0.2, 0) is 5.60 Å². The predicted octanol–water partition coefficient (Wildman–Crippen LogP) is 2.36. The van der Waals surface area contributed by atoms with Gasteiger partial charge < -0.3 is 15.3 Å². The Balaban J connectivity index is 1.53. The summed E-state index contributed by atoms with van der Waals surface area (Å²) in [6.07, 6.45) is 5.23. The van der Waals surface area contributed by atoms with E-state index in [0.717, 1.165) is 37.2 Å². The monoisotopic (exact) mass is 288 g/mol. The molecule has 1 aromatic rings. The van der Waals surface area contributed by atoms with Gasteiger partial charge in [-0.3, -0.25) is 0 Å². The molecule has 2 aliphatic rings. The maximum Gasteiger partial charge on any atom is 0.0994 e. The largest absolute Gasteiger partial charge is 0.384 e. The Labute approximate surface area is 128 Å². The summed E-state index contributed by atoms with van der Waals surface area (Å²) in [6.45, 7) is 6.11. The summed E-state index contributed by atoms with van der Waals surface area (Å²) in [6, 6.07) is 10.8. The molecular weight excluding hydrogens is 260 g/mol. The molecule has 2 fully saturated rings. The second-order valence-electron chi connectivity index (χ2n) is 6.96. The van der Waals surface area contributed by atoms with Crippen LogP contribution in [0.25, 0.3) is 0 Å². The smallest absolute Gasteiger partial charge is 0.0994 e. The van der Waals surface area contributed by atoms with Crippen molar-refractivity contribution in [2.75, 3.05) is 26.2 Å². The fraction of sp³-hybridized carbons (Fsp3) is 0.667. The highest BCUT2D eigenvalue weighted by atomic mass is 16.3. The number of hydrogen-bond donors (Lipinski definition) is 2. The van der Waals surface area contributed by atoms with Crippen LogP contribution in [0.15, 0.2) is 30.3 Å². The number of likely N-dealkylation sites (tertiary alicyclic amines) is 1. The van der Waals surface area contributed by atoms with E-state index >= 15 is 0 Å². The zero-order valence-corrected chi connectivity index (χ0v) is 13.1. The van der Waals surface area contributed by atoms with E-state index in [2.05, 4.69) is 10.2 Å². The first-order valence-electron chi connectivity index (χ1n) is 8.39. The Bertz CT molecular complexity index is 432. The first kappa shape index (κ1) is 15.0. The lowest BCUT2D eigenvalue weighted by Crippen LogP contribution is -2.45. The minimum absolute atomic E-state index is 0.738. The van der Waals surface area contributed by atoms with E-state index in [9.17, 15) is 5.11 Å². The van der Waals surface area contributed by atoms with E-state index in [4.69, 9.17) is 0 Å². The average Bonchev–Trinajstić information content (AvgIpc) is 3.03. The molecule has 0 radical (unpaired) electrons. The van der Waals surface area contributed by atoms with Crippen molar-refractivity contribution in [2.45, 2.75) is 44.2 Å². The molecule has 1 aromatic carbocycles. The molecule has 116 valence electrons. The van der Waals surface area contributed by atoms with E-state index in [1.807, 2.05) is 37.3 Å². The molecule has 0 spiro atoms. The lowest BCUT2D eigenvalue weighted by molar-refractivity contribution is 0.00410. The normalized spacial score (nSPS) is 27.6. The fourth-order valence-electron chi connectivity index (χ4n) is 3.95. The van der Waals surface area contributed by atoms with Gasteiger partial charge in [-0.25, -0.2) is 0 Å². The minimum atomic E-state index is -0.750. The van der Waals surface area contributed by atoms with Gasteiger partial charge in [0.15, 0.2) is 0 Å². The topological polar surface area (TPSA) is 35.5 Å². The highest BCUT2D eigenvalue weighted by Crippen LogP contribution is 2.28. The third-order valence-corrected chi connectivity index (χ3v) is 5.23. The zero-order valence-electron chi connectivity index (χ0n) is 13.1. The third kappa shape index (κ3) is 3.65. The molecule has 3 nitrogen and oxygen atoms in total. The van der Waals surface area contributed by atoms with Crippen molar-refractivity contribution >= 4 is 0 Å². The van der Waals surface area contributed by atoms with Gasteiger partial charge in [0.2, 0.25) is 0 Å². The van der Waals surface area contributed by atoms with Crippen molar-refractivity contribution in [3.05, 3.63) is 35.9 Å². The van der Waals surface area contributed by atoms with Gasteiger partial charge in [-0.2, -0.15) is 0 Å². The molecule has 3 rings (SSSR count). The summed E-state index contributed by atoms with van der Waals surface area (Å²) in [5, 5.41) is 14.4. The van der Waals surface area contributed by atoms with Crippen LogP contribution in [0.4, 0.5) is 0 Å². The number of aliphatic hydroxyl groups is 1. The average molecular weight is 288 g/mol. The summed E-state index contributed by atoms with van der Waals surface area (Å²) in [5.74, 6) is 0.838. The molecule has 21 heavy (non-hydrogen) atoms. The number of piperidine rings is 1. The molecule has 0 aromatic heterocycles. The van der Waals surface area contributed by atoms with E-state index in [-0.39, 0.29) is 0 Å². The number of rotatable bonds is 4. The second-order valence-corrected chi connectivity index (χ2v) is 6.96. The quantitative estimate of drug-likeness (QED) is 0.893. The SMILES string of the molecule is CC(O)(CN1CCC(C2CCCN2)CC1)c1ccccc1. The summed E-state index contributed by atoms with van der Waals surface area (Å²) >= 11 is 0. The summed E-state index contributed by atoms with van der Waals surface area (Å²) in [5.41, 5.74) is 0.268. The third-order valence-electron chi connectivity index (χ3n) is 5.23. The first-order chi connectivity index (χ1) is 10.1. The van der Waals surface area contributed by atoms with E-state index < -0.39 is 5.60 Å². The Morgan fingerprint density at radius 2 is 1.90 bits per heavy atom. The molecule has 0 aliphatic carbocycles. The molecule has 0 bridgehead atoms. The fourth-order valence-corrected chi connectivity index (χ4v) is 3.95. The number of nitrogens with one attached hydrogen (secondary N) is 1. The summed E-state index contributed by atoms with van der Waals surface area (Å²) in [7, 11) is 0. The minimum Gasteiger partial charge on any atom is -0.384 e. The van der Waals surface area contributed by atoms with E-state index in [1.165, 1.54) is 32.2 Å². The van der Waals surface area contributed by atoms with Gasteiger partial charge in [0.05, 0.1) is 5.60 Å². The van der Waals surface area contributed by atoms with Gasteiger partial charge in [-0.1, -0.05) is 30.3 Å². The number of benzene rings is 1. The van der Waals surface area contributed by atoms with Crippen LogP contribution >= 0.6 is 0 Å². The van der Waals surface area contributed by atoms with Gasteiger partial charge in [0.1, 0.15) is 0 Å². The maximum absolute atomic E-state index is 10.8. The van der Waals surface area contributed by atoms with E-state index in [0.29, 0.717) is 0 Å². The molecule has 2 N–H and O–H groups in total. The highest BCUT2D eigenvalue weighted by Gasteiger charge is 2.31. The lowest BCUT2D eigenvalue weighted by atomic mass is 9.87. The Morgan fingerprint density at radius 1 is 1.19 bits per heavy atom. The van der Waals surface area contributed by atoms with Gasteiger partial charge in [-0.05, 0) is 63.7 Å². The molecule has 2 atom stereocenters. The van der Waals surface area contributed by atoms with Crippen LogP contribution in [0.5, 0.6) is 0 Å². The van der Waals surface area contributed by atoms with Crippen LogP contribution in [-0.4, -0.2) is 42.2 Å². The first-order valence-corrected chi connectivity index (χ1v) is 8.39. The highest BCUT2D eigenvalue weighted by molar-refractivity contribution is 5.21. The predicted molar refractivity (Wildman–Crippen MR) is 86.2 cm³/mol. The van der Waals surface area contributed by atoms with E-state index in [1.54, 1.807) is 0 Å². The van der Waals surface area contributed by atoms with Gasteiger partial charge in [0, 0.05) is 12.6 Å². The van der Waals surface area contributed by atoms with Crippen LogP contribution in [0.2, 0.25) is 0 Å². The van der Waals surface area contributed by atoms with Gasteiger partial charge in [-0.15, -0.1) is 0 Å². The van der Waals surface area contributed by atoms with Crippen molar-refractivity contribution in [1.29, 1.82) is 0 Å². The summed E-state index contributed by atoms with van der Waals surface area (Å²) < 4.78 is 0. The van der Waals surface area contributed by atoms with Crippen LogP contribution in [0, 0.1) is 5.92 Å². The molecular formula is C18H28N2O. The molecule has 2 aliphatic heterocycles. The van der Waals surface area contributed by atoms with Crippen molar-refractivity contribution in [2.24, 2.45) is 5.92 Å². The zero-order chi connectivity index (χ0) is 14.7. The van der Waals surface area contributed by atoms with Crippen LogP contribution < -0.4 is 5.32 Å². The van der Waals surface area contributed by atoms with Gasteiger partial charge >= 0.3 is 0 Å². The molecule has 2 saturated heterocycles. The molecule has 2 heterocycles. The molecule has 0 saturated carbocycles. The van der Waals surface area contributed by atoms with Crippen LogP contribution in [0.3, 0.4) is 0 Å². The van der Waals surface area contributed by atoms with Gasteiger partial charge in [0.25, 0.3) is 0 Å². The van der Waals surface area contributed by atoms with Crippen molar-refractivity contribution in [1.82, 2.24) is 10.2 Å². The summed E-state index contributed by atoms with van der Waals surface area (Å²) in [4.78, 5) is 2.43. The molecule has 2 unspecified atom stereocenters. The van der Waals surface area contributed by atoms with Crippen molar-refractivity contribution < 1.29 is 5.11 Å². The molecule has 3 heteroatoms. The Morgan fingerprint density at radius 3 is 2.52 bits per heavy atom. The standard InChI is InChI=1S/C18H28N2O/c1-18(21,16-6-3-2-4-7-16)14-20-12-9-15(10-13-20)17-8-5-11-19-17/h2-4,6-7,15,17,19,21H,5,8-14H2,1H3. The Kier molecular flexibility index (Phi) is 4.63. The van der Waals surface area contributed by atoms with Crippen molar-refractivity contribution in [3.8, 4) is 0 Å². The number of β-amino-alcohol motifs (C(OH)–C–C–N with tert-alkyl or cyclic N) is 1. The number of nitrogens with zero attached hydrogens (tertiary/aromatic N) is 1. The number of hydrogen-bond acceptors (Lipinski definition) is 3. The Hall–Kier alpha value is -0.900. The maximum atomic E-state index is 10.8. The second kappa shape index (κ2) is 6.47. The van der Waals surface area contributed by atoms with Crippen molar-refractivity contribution in [3.63, 3.8) is 0 Å². The molecule has 0 amide bonds. The lowest BCUT2D eigenvalue weighted by Gasteiger charge is -2.38.